The van der Waals surface area contributed by atoms with Gasteiger partial charge in [-0.3, -0.25) is 15.1 Å². The van der Waals surface area contributed by atoms with Crippen LogP contribution in [0.15, 0.2) is 54.7 Å². The van der Waals surface area contributed by atoms with Gasteiger partial charge in [0.1, 0.15) is 30.2 Å². The molecule has 1 saturated heterocycles. The molecule has 0 unspecified atom stereocenters. The SMILES string of the molecule is CC(C)(C)[C@H](c1nc(-c2cc(F)ccc2F)cn1Cc1ccccc1)N(CC[C@H](N)CF)C(=O)ON1CCC[C@H]1C(=O)NN. The van der Waals surface area contributed by atoms with Gasteiger partial charge in [-0.2, -0.15) is 0 Å². The zero-order valence-electron chi connectivity index (χ0n) is 25.2. The lowest BCUT2D eigenvalue weighted by atomic mass is 9.84. The molecule has 0 bridgehead atoms. The smallest absolute Gasteiger partial charge is 0.350 e. The van der Waals surface area contributed by atoms with Crippen molar-refractivity contribution in [3.05, 3.63) is 77.8 Å². The highest BCUT2D eigenvalue weighted by molar-refractivity contribution is 5.81. The molecule has 3 aromatic rings. The van der Waals surface area contributed by atoms with Crippen LogP contribution in [0.25, 0.3) is 11.3 Å². The number of nitrogens with zero attached hydrogens (tertiary/aromatic N) is 4. The molecule has 1 aliphatic heterocycles. The average Bonchev–Trinajstić information content (AvgIpc) is 3.62. The predicted molar refractivity (Wildman–Crippen MR) is 159 cm³/mol. The number of carbonyl (C=O) groups is 2. The summed E-state index contributed by atoms with van der Waals surface area (Å²) in [7, 11) is 0. The van der Waals surface area contributed by atoms with Crippen LogP contribution in [0.3, 0.4) is 0 Å². The Morgan fingerprint density at radius 1 is 1.18 bits per heavy atom. The fourth-order valence-electron chi connectivity index (χ4n) is 5.44. The molecule has 4 rings (SSSR count). The normalized spacial score (nSPS) is 16.9. The van der Waals surface area contributed by atoms with Crippen LogP contribution in [-0.4, -0.2) is 63.4 Å². The van der Waals surface area contributed by atoms with Crippen molar-refractivity contribution in [1.29, 1.82) is 0 Å². The maximum atomic E-state index is 15.0. The van der Waals surface area contributed by atoms with Crippen molar-refractivity contribution < 1.29 is 27.6 Å². The van der Waals surface area contributed by atoms with E-state index in [1.54, 1.807) is 10.8 Å². The van der Waals surface area contributed by atoms with Crippen molar-refractivity contribution >= 4 is 12.0 Å². The number of nitrogens with two attached hydrogens (primary N) is 2. The number of imidazole rings is 1. The Hall–Kier alpha value is -3.94. The molecule has 0 radical (unpaired) electrons. The van der Waals surface area contributed by atoms with Crippen LogP contribution in [0.2, 0.25) is 0 Å². The molecule has 13 heteroatoms. The second-order valence-corrected chi connectivity index (χ2v) is 12.1. The van der Waals surface area contributed by atoms with Gasteiger partial charge in [0.05, 0.1) is 11.7 Å². The summed E-state index contributed by atoms with van der Waals surface area (Å²) in [5.74, 6) is 3.95. The zero-order chi connectivity index (χ0) is 32.0. The number of halogens is 3. The van der Waals surface area contributed by atoms with E-state index in [9.17, 15) is 22.8 Å². The molecule has 0 spiro atoms. The fraction of sp³-hybridized carbons (Fsp3) is 0.452. The standard InChI is InChI=1S/C31H40F3N7O3/c1-31(2,3)27(40(15-13-22(35)17-32)30(43)44-41-14-7-10-26(41)29(42)38-36)28-37-25(23-16-21(33)11-12-24(23)34)19-39(28)18-20-8-5-4-6-9-20/h4-6,8-9,11-12,16,19,22,26-27H,7,10,13-15,17-18,35-36H2,1-3H3,(H,38,42)/t22-,26-,27-/m0/s1. The molecule has 1 fully saturated rings. The number of hydrogen-bond donors (Lipinski definition) is 3. The van der Waals surface area contributed by atoms with Gasteiger partial charge in [-0.25, -0.2) is 28.8 Å². The van der Waals surface area contributed by atoms with Crippen LogP contribution < -0.4 is 17.0 Å². The van der Waals surface area contributed by atoms with E-state index in [4.69, 9.17) is 21.4 Å². The summed E-state index contributed by atoms with van der Waals surface area (Å²) < 4.78 is 44.4. The molecule has 2 aromatic carbocycles. The van der Waals surface area contributed by atoms with E-state index in [1.165, 1.54) is 9.96 Å². The van der Waals surface area contributed by atoms with Crippen molar-refractivity contribution in [3.8, 4) is 11.3 Å². The van der Waals surface area contributed by atoms with Crippen molar-refractivity contribution in [3.63, 3.8) is 0 Å². The number of carbonyl (C=O) groups excluding carboxylic acids is 2. The summed E-state index contributed by atoms with van der Waals surface area (Å²) >= 11 is 0. The van der Waals surface area contributed by atoms with Gasteiger partial charge in [-0.15, -0.1) is 5.06 Å². The summed E-state index contributed by atoms with van der Waals surface area (Å²) in [6.07, 6.45) is 1.98. The van der Waals surface area contributed by atoms with Gasteiger partial charge in [0.2, 0.25) is 0 Å². The summed E-state index contributed by atoms with van der Waals surface area (Å²) in [6.45, 7) is 5.53. The Labute approximate surface area is 255 Å². The number of aromatic nitrogens is 2. The highest BCUT2D eigenvalue weighted by Gasteiger charge is 2.42. The van der Waals surface area contributed by atoms with Crippen LogP contribution in [0.1, 0.15) is 57.5 Å². The molecule has 0 saturated carbocycles. The monoisotopic (exact) mass is 615 g/mol. The summed E-state index contributed by atoms with van der Waals surface area (Å²) in [6, 6.07) is 10.2. The van der Waals surface area contributed by atoms with Crippen LogP contribution in [0.4, 0.5) is 18.0 Å². The van der Waals surface area contributed by atoms with E-state index in [-0.39, 0.29) is 24.2 Å². The van der Waals surface area contributed by atoms with E-state index in [0.29, 0.717) is 31.8 Å². The number of hydroxylamine groups is 2. The molecule has 2 amide bonds. The molecule has 3 atom stereocenters. The molecule has 238 valence electrons. The number of hydrogen-bond acceptors (Lipinski definition) is 7. The minimum Gasteiger partial charge on any atom is -0.350 e. The van der Waals surface area contributed by atoms with Gasteiger partial charge in [-0.1, -0.05) is 51.1 Å². The summed E-state index contributed by atoms with van der Waals surface area (Å²) in [5, 5.41) is 1.29. The third-order valence-corrected chi connectivity index (χ3v) is 7.60. The molecule has 1 aliphatic rings. The number of rotatable bonds is 11. The minimum atomic E-state index is -0.838. The maximum absolute atomic E-state index is 15.0. The Morgan fingerprint density at radius 3 is 2.57 bits per heavy atom. The van der Waals surface area contributed by atoms with Gasteiger partial charge >= 0.3 is 6.09 Å². The van der Waals surface area contributed by atoms with Gasteiger partial charge < -0.3 is 15.1 Å². The maximum Gasteiger partial charge on any atom is 0.429 e. The van der Waals surface area contributed by atoms with E-state index in [2.05, 4.69) is 5.43 Å². The molecular formula is C31H40F3N7O3. The van der Waals surface area contributed by atoms with Gasteiger partial charge in [0, 0.05) is 37.4 Å². The van der Waals surface area contributed by atoms with Crippen molar-refractivity contribution in [1.82, 2.24) is 24.9 Å². The Balaban J connectivity index is 1.82. The quantitative estimate of drug-likeness (QED) is 0.165. The molecule has 0 aliphatic carbocycles. The van der Waals surface area contributed by atoms with Gasteiger partial charge in [-0.05, 0) is 48.4 Å². The number of nitrogens with one attached hydrogen (secondary N) is 1. The largest absolute Gasteiger partial charge is 0.429 e. The van der Waals surface area contributed by atoms with Gasteiger partial charge in [0.15, 0.2) is 0 Å². The van der Waals surface area contributed by atoms with Crippen LogP contribution in [0, 0.1) is 17.0 Å². The molecule has 44 heavy (non-hydrogen) atoms. The zero-order valence-corrected chi connectivity index (χ0v) is 25.2. The fourth-order valence-corrected chi connectivity index (χ4v) is 5.44. The third kappa shape index (κ3) is 7.76. The number of amides is 2. The number of hydrazine groups is 1. The molecule has 10 nitrogen and oxygen atoms in total. The lowest BCUT2D eigenvalue weighted by Gasteiger charge is -2.40. The molecule has 1 aromatic heterocycles. The van der Waals surface area contributed by atoms with Crippen LogP contribution in [-0.2, 0) is 16.2 Å². The average molecular weight is 616 g/mol. The molecule has 5 N–H and O–H groups in total. The van der Waals surface area contributed by atoms with E-state index >= 15 is 0 Å². The van der Waals surface area contributed by atoms with E-state index in [1.807, 2.05) is 51.1 Å². The Morgan fingerprint density at radius 2 is 1.91 bits per heavy atom. The Bertz CT molecular complexity index is 1430. The first kappa shape index (κ1) is 33.0. The second kappa shape index (κ2) is 14.2. The molecule has 2 heterocycles. The lowest BCUT2D eigenvalue weighted by molar-refractivity contribution is -0.152. The topological polar surface area (TPSA) is 132 Å². The number of alkyl halides is 1. The van der Waals surface area contributed by atoms with Crippen molar-refractivity contribution in [2.45, 2.75) is 64.7 Å². The first-order chi connectivity index (χ1) is 20.9. The van der Waals surface area contributed by atoms with Crippen molar-refractivity contribution in [2.75, 3.05) is 19.8 Å². The highest BCUT2D eigenvalue weighted by atomic mass is 19.1. The first-order valence-corrected chi connectivity index (χ1v) is 14.6. The second-order valence-electron chi connectivity index (χ2n) is 12.1. The van der Waals surface area contributed by atoms with E-state index in [0.717, 1.165) is 23.8 Å². The predicted octanol–water partition coefficient (Wildman–Crippen LogP) is 4.46. The first-order valence-electron chi connectivity index (χ1n) is 14.6. The highest BCUT2D eigenvalue weighted by Crippen LogP contribution is 2.40. The lowest BCUT2D eigenvalue weighted by Crippen LogP contribution is -2.50. The minimum absolute atomic E-state index is 0.00466. The van der Waals surface area contributed by atoms with Crippen LogP contribution in [0.5, 0.6) is 0 Å². The summed E-state index contributed by atoms with van der Waals surface area (Å²) in [5.41, 5.74) is 8.38. The van der Waals surface area contributed by atoms with Crippen LogP contribution >= 0.6 is 0 Å². The third-order valence-electron chi connectivity index (χ3n) is 7.60. The summed E-state index contributed by atoms with van der Waals surface area (Å²) in [4.78, 5) is 38.3. The van der Waals surface area contributed by atoms with Gasteiger partial charge in [0.25, 0.3) is 5.91 Å². The van der Waals surface area contributed by atoms with E-state index < -0.39 is 53.8 Å². The van der Waals surface area contributed by atoms with Crippen molar-refractivity contribution in [2.24, 2.45) is 17.0 Å². The number of benzene rings is 2. The Kier molecular flexibility index (Phi) is 10.7. The molecular weight excluding hydrogens is 575 g/mol.